The maximum absolute atomic E-state index is 11.8. The van der Waals surface area contributed by atoms with Crippen LogP contribution in [0.15, 0.2) is 27.6 Å². The summed E-state index contributed by atoms with van der Waals surface area (Å²) in [6.45, 7) is 1.33. The average Bonchev–Trinajstić information content (AvgIpc) is 3.15. The molecule has 0 saturated heterocycles. The number of hydrogen-bond donors (Lipinski definition) is 2. The van der Waals surface area contributed by atoms with Crippen LogP contribution in [-0.2, 0) is 14.8 Å². The van der Waals surface area contributed by atoms with Crippen LogP contribution in [0.4, 0.5) is 5.69 Å². The lowest BCUT2D eigenvalue weighted by Gasteiger charge is -2.08. The van der Waals surface area contributed by atoms with Crippen LogP contribution in [0.25, 0.3) is 11.4 Å². The topological polar surface area (TPSA) is 128 Å². The first-order chi connectivity index (χ1) is 10.3. The van der Waals surface area contributed by atoms with Crippen LogP contribution >= 0.6 is 0 Å². The van der Waals surface area contributed by atoms with Crippen molar-refractivity contribution in [2.75, 3.05) is 5.32 Å². The molecule has 1 aliphatic carbocycles. The van der Waals surface area contributed by atoms with E-state index in [1.165, 1.54) is 19.1 Å². The van der Waals surface area contributed by atoms with E-state index in [0.717, 1.165) is 12.8 Å². The SMILES string of the molecule is CC(=O)Nc1ccc(-c2noc(C3CC3)n2)c(S(N)(=O)=O)c1. The predicted molar refractivity (Wildman–Crippen MR) is 77.4 cm³/mol. The van der Waals surface area contributed by atoms with E-state index >= 15 is 0 Å². The van der Waals surface area contributed by atoms with Crippen LogP contribution in [0, 0.1) is 0 Å². The van der Waals surface area contributed by atoms with Gasteiger partial charge in [-0.2, -0.15) is 4.98 Å². The number of anilines is 1. The molecule has 1 aliphatic rings. The van der Waals surface area contributed by atoms with E-state index < -0.39 is 10.0 Å². The highest BCUT2D eigenvalue weighted by molar-refractivity contribution is 7.89. The lowest BCUT2D eigenvalue weighted by Crippen LogP contribution is -2.15. The van der Waals surface area contributed by atoms with Gasteiger partial charge in [-0.1, -0.05) is 5.16 Å². The Balaban J connectivity index is 2.06. The largest absolute Gasteiger partial charge is 0.339 e. The van der Waals surface area contributed by atoms with Crippen molar-refractivity contribution in [3.8, 4) is 11.4 Å². The standard InChI is InChI=1S/C13H14N4O4S/c1-7(18)15-9-4-5-10(11(6-9)22(14,19)20)12-16-13(21-17-12)8-2-3-8/h4-6,8H,2-3H2,1H3,(H,15,18)(H2,14,19,20). The quantitative estimate of drug-likeness (QED) is 0.871. The monoisotopic (exact) mass is 322 g/mol. The number of nitrogens with zero attached hydrogens (tertiary/aromatic N) is 2. The molecule has 3 N–H and O–H groups in total. The number of amides is 1. The minimum atomic E-state index is -4.01. The van der Waals surface area contributed by atoms with E-state index in [2.05, 4.69) is 15.5 Å². The summed E-state index contributed by atoms with van der Waals surface area (Å²) in [4.78, 5) is 15.1. The molecule has 0 atom stereocenters. The van der Waals surface area contributed by atoms with Crippen LogP contribution in [0.5, 0.6) is 0 Å². The zero-order chi connectivity index (χ0) is 15.9. The van der Waals surface area contributed by atoms with Crippen LogP contribution in [0.2, 0.25) is 0 Å². The number of benzene rings is 1. The summed E-state index contributed by atoms with van der Waals surface area (Å²) >= 11 is 0. The predicted octanol–water partition coefficient (Wildman–Crippen LogP) is 1.22. The molecular weight excluding hydrogens is 308 g/mol. The lowest BCUT2D eigenvalue weighted by atomic mass is 10.2. The van der Waals surface area contributed by atoms with Gasteiger partial charge in [0.05, 0.1) is 4.90 Å². The number of nitrogens with one attached hydrogen (secondary N) is 1. The maximum Gasteiger partial charge on any atom is 0.238 e. The third kappa shape index (κ3) is 3.00. The first-order valence-corrected chi connectivity index (χ1v) is 8.17. The molecule has 9 heteroatoms. The average molecular weight is 322 g/mol. The fourth-order valence-corrected chi connectivity index (χ4v) is 2.82. The van der Waals surface area contributed by atoms with Crippen LogP contribution in [0.1, 0.15) is 31.6 Å². The van der Waals surface area contributed by atoms with E-state index in [-0.39, 0.29) is 28.1 Å². The summed E-state index contributed by atoms with van der Waals surface area (Å²) < 4.78 is 28.7. The second-order valence-corrected chi connectivity index (χ2v) is 6.70. The van der Waals surface area contributed by atoms with Gasteiger partial charge < -0.3 is 9.84 Å². The van der Waals surface area contributed by atoms with Gasteiger partial charge in [0.25, 0.3) is 0 Å². The molecule has 2 aromatic rings. The van der Waals surface area contributed by atoms with E-state index in [0.29, 0.717) is 11.6 Å². The van der Waals surface area contributed by atoms with Gasteiger partial charge >= 0.3 is 0 Å². The second-order valence-electron chi connectivity index (χ2n) is 5.17. The van der Waals surface area contributed by atoms with Gasteiger partial charge in [-0.15, -0.1) is 0 Å². The van der Waals surface area contributed by atoms with Crippen LogP contribution < -0.4 is 10.5 Å². The van der Waals surface area contributed by atoms with Gasteiger partial charge in [0, 0.05) is 24.1 Å². The molecule has 1 amide bonds. The number of rotatable bonds is 4. The fraction of sp³-hybridized carbons (Fsp3) is 0.308. The molecule has 1 saturated carbocycles. The first kappa shape index (κ1) is 14.7. The summed E-state index contributed by atoms with van der Waals surface area (Å²) in [5, 5.41) is 11.6. The Kier molecular flexibility index (Phi) is 3.45. The number of carbonyl (C=O) groups is 1. The van der Waals surface area contributed by atoms with E-state index in [1.807, 2.05) is 0 Å². The maximum atomic E-state index is 11.8. The van der Waals surface area contributed by atoms with Gasteiger partial charge in [-0.25, -0.2) is 13.6 Å². The Labute approximate surface area is 126 Å². The molecule has 22 heavy (non-hydrogen) atoms. The minimum absolute atomic E-state index is 0.165. The third-order valence-corrected chi connectivity index (χ3v) is 4.17. The molecule has 1 aromatic heterocycles. The van der Waals surface area contributed by atoms with E-state index in [9.17, 15) is 13.2 Å². The number of hydrogen-bond acceptors (Lipinski definition) is 6. The zero-order valence-corrected chi connectivity index (χ0v) is 12.6. The Morgan fingerprint density at radius 3 is 2.73 bits per heavy atom. The molecule has 0 bridgehead atoms. The zero-order valence-electron chi connectivity index (χ0n) is 11.7. The highest BCUT2D eigenvalue weighted by Crippen LogP contribution is 2.40. The molecular formula is C13H14N4O4S. The Hall–Kier alpha value is -2.26. The van der Waals surface area contributed by atoms with Crippen molar-refractivity contribution in [3.05, 3.63) is 24.1 Å². The molecule has 0 radical (unpaired) electrons. The van der Waals surface area contributed by atoms with Crippen molar-refractivity contribution in [1.29, 1.82) is 0 Å². The lowest BCUT2D eigenvalue weighted by molar-refractivity contribution is -0.114. The molecule has 0 aliphatic heterocycles. The van der Waals surface area contributed by atoms with Crippen molar-refractivity contribution < 1.29 is 17.7 Å². The van der Waals surface area contributed by atoms with Gasteiger partial charge in [0.1, 0.15) is 0 Å². The molecule has 1 heterocycles. The summed E-state index contributed by atoms with van der Waals surface area (Å²) in [6, 6.07) is 4.32. The molecule has 8 nitrogen and oxygen atoms in total. The van der Waals surface area contributed by atoms with Gasteiger partial charge in [-0.05, 0) is 31.0 Å². The second kappa shape index (κ2) is 5.18. The summed E-state index contributed by atoms with van der Waals surface area (Å²) in [5.74, 6) is 0.614. The summed E-state index contributed by atoms with van der Waals surface area (Å²) in [6.07, 6.45) is 1.98. The van der Waals surface area contributed by atoms with E-state index in [1.54, 1.807) is 6.07 Å². The molecule has 3 rings (SSSR count). The Morgan fingerprint density at radius 1 is 1.41 bits per heavy atom. The van der Waals surface area contributed by atoms with Gasteiger partial charge in [-0.3, -0.25) is 4.79 Å². The smallest absolute Gasteiger partial charge is 0.238 e. The van der Waals surface area contributed by atoms with Crippen molar-refractivity contribution in [2.45, 2.75) is 30.6 Å². The Morgan fingerprint density at radius 2 is 2.14 bits per heavy atom. The first-order valence-electron chi connectivity index (χ1n) is 6.63. The number of sulfonamides is 1. The van der Waals surface area contributed by atoms with Crippen molar-refractivity contribution in [3.63, 3.8) is 0 Å². The summed E-state index contributed by atoms with van der Waals surface area (Å²) in [5.41, 5.74) is 0.568. The number of nitrogens with two attached hydrogens (primary N) is 1. The summed E-state index contributed by atoms with van der Waals surface area (Å²) in [7, 11) is -4.01. The molecule has 1 aromatic carbocycles. The fourth-order valence-electron chi connectivity index (χ4n) is 2.06. The van der Waals surface area contributed by atoms with Crippen molar-refractivity contribution in [1.82, 2.24) is 10.1 Å². The van der Waals surface area contributed by atoms with Gasteiger partial charge in [0.15, 0.2) is 0 Å². The molecule has 0 spiro atoms. The normalized spacial score (nSPS) is 14.8. The highest BCUT2D eigenvalue weighted by atomic mass is 32.2. The molecule has 0 unspecified atom stereocenters. The highest BCUT2D eigenvalue weighted by Gasteiger charge is 2.30. The van der Waals surface area contributed by atoms with Gasteiger partial charge in [0.2, 0.25) is 27.6 Å². The molecule has 1 fully saturated rings. The van der Waals surface area contributed by atoms with Crippen LogP contribution in [-0.4, -0.2) is 24.5 Å². The molecule has 116 valence electrons. The van der Waals surface area contributed by atoms with E-state index in [4.69, 9.17) is 9.66 Å². The number of aromatic nitrogens is 2. The van der Waals surface area contributed by atoms with Crippen molar-refractivity contribution in [2.24, 2.45) is 5.14 Å². The Bertz CT molecular complexity index is 839. The number of carbonyl (C=O) groups excluding carboxylic acids is 1. The van der Waals surface area contributed by atoms with Crippen molar-refractivity contribution >= 4 is 21.6 Å². The number of primary sulfonamides is 1. The minimum Gasteiger partial charge on any atom is -0.339 e. The van der Waals surface area contributed by atoms with Crippen LogP contribution in [0.3, 0.4) is 0 Å². The third-order valence-electron chi connectivity index (χ3n) is 3.22.